The number of aliphatic carboxylic acids is 1. The second-order valence-electron chi connectivity index (χ2n) is 3.93. The minimum Gasteiger partial charge on any atom is -0.480 e. The fourth-order valence-electron chi connectivity index (χ4n) is 1.35. The molecule has 8 nitrogen and oxygen atoms in total. The summed E-state index contributed by atoms with van der Waals surface area (Å²) in [5, 5.41) is 29.1. The number of carboxylic acids is 1. The number of hydrogen-bond acceptors (Lipinski definition) is 4. The number of nitrogens with zero attached hydrogens (tertiary/aromatic N) is 1. The van der Waals surface area contributed by atoms with Crippen molar-refractivity contribution in [2.75, 3.05) is 0 Å². The first-order valence-corrected chi connectivity index (χ1v) is 5.38. The van der Waals surface area contributed by atoms with Crippen LogP contribution in [0.5, 0.6) is 0 Å². The van der Waals surface area contributed by atoms with Crippen molar-refractivity contribution in [1.82, 2.24) is 20.8 Å². The highest BCUT2D eigenvalue weighted by Gasteiger charge is 2.25. The topological polar surface area (TPSA) is 127 Å². The Labute approximate surface area is 103 Å². The van der Waals surface area contributed by atoms with E-state index in [1.54, 1.807) is 19.3 Å². The summed E-state index contributed by atoms with van der Waals surface area (Å²) in [6.07, 6.45) is 1.99. The van der Waals surface area contributed by atoms with Crippen LogP contribution in [0.4, 0.5) is 4.79 Å². The number of aliphatic hydroxyl groups excluding tert-OH is 1. The van der Waals surface area contributed by atoms with Gasteiger partial charge in [0.25, 0.3) is 0 Å². The van der Waals surface area contributed by atoms with E-state index in [0.29, 0.717) is 0 Å². The van der Waals surface area contributed by atoms with E-state index in [0.717, 1.165) is 5.56 Å². The number of aliphatic hydroxyl groups is 1. The van der Waals surface area contributed by atoms with Crippen LogP contribution in [0.15, 0.2) is 12.4 Å². The van der Waals surface area contributed by atoms with Gasteiger partial charge in [0.1, 0.15) is 0 Å². The van der Waals surface area contributed by atoms with Gasteiger partial charge in [0.05, 0.1) is 18.3 Å². The maximum Gasteiger partial charge on any atom is 0.328 e. The summed E-state index contributed by atoms with van der Waals surface area (Å²) in [5.74, 6) is -1.30. The summed E-state index contributed by atoms with van der Waals surface area (Å²) in [4.78, 5) is 22.3. The lowest BCUT2D eigenvalue weighted by molar-refractivity contribution is -0.141. The van der Waals surface area contributed by atoms with Crippen molar-refractivity contribution < 1.29 is 19.8 Å². The Bertz CT molecular complexity index is 404. The predicted molar refractivity (Wildman–Crippen MR) is 61.8 cm³/mol. The normalized spacial score (nSPS) is 15.5. The number of rotatable bonds is 5. The van der Waals surface area contributed by atoms with Crippen molar-refractivity contribution in [3.8, 4) is 0 Å². The number of aromatic amines is 1. The first-order valence-electron chi connectivity index (χ1n) is 5.38. The van der Waals surface area contributed by atoms with Crippen molar-refractivity contribution in [3.63, 3.8) is 0 Å². The first-order chi connectivity index (χ1) is 8.41. The van der Waals surface area contributed by atoms with Crippen LogP contribution in [0.2, 0.25) is 0 Å². The van der Waals surface area contributed by atoms with Gasteiger partial charge in [0.15, 0.2) is 6.04 Å². The van der Waals surface area contributed by atoms with Gasteiger partial charge in [-0.3, -0.25) is 5.10 Å². The van der Waals surface area contributed by atoms with Crippen LogP contribution in [-0.2, 0) is 4.79 Å². The van der Waals surface area contributed by atoms with Crippen LogP contribution >= 0.6 is 0 Å². The van der Waals surface area contributed by atoms with E-state index < -0.39 is 24.1 Å². The Morgan fingerprint density at radius 1 is 1.39 bits per heavy atom. The van der Waals surface area contributed by atoms with Crippen LogP contribution in [0.1, 0.15) is 25.5 Å². The number of carboxylic acid groups (broad SMARTS) is 1. The molecule has 0 radical (unpaired) electrons. The first kappa shape index (κ1) is 14.0. The molecular weight excluding hydrogens is 240 g/mol. The van der Waals surface area contributed by atoms with Crippen molar-refractivity contribution in [2.24, 2.45) is 0 Å². The van der Waals surface area contributed by atoms with E-state index in [4.69, 9.17) is 5.11 Å². The summed E-state index contributed by atoms with van der Waals surface area (Å²) in [5.41, 5.74) is 0.758. The summed E-state index contributed by atoms with van der Waals surface area (Å²) in [6.45, 7) is 3.02. The lowest BCUT2D eigenvalue weighted by Crippen LogP contribution is -2.51. The Morgan fingerprint density at radius 2 is 2.06 bits per heavy atom. The molecule has 1 aromatic heterocycles. The van der Waals surface area contributed by atoms with E-state index >= 15 is 0 Å². The fraction of sp³-hybridized carbons (Fsp3) is 0.500. The molecule has 1 heterocycles. The SMILES string of the molecule is CC(NC(=O)N[C@H](C(=O)O)[C@@H](C)O)c1cn[nH]c1. The van der Waals surface area contributed by atoms with E-state index in [9.17, 15) is 14.7 Å². The highest BCUT2D eigenvalue weighted by Crippen LogP contribution is 2.08. The molecule has 1 rings (SSSR count). The maximum atomic E-state index is 11.5. The van der Waals surface area contributed by atoms with Crippen LogP contribution in [0.25, 0.3) is 0 Å². The van der Waals surface area contributed by atoms with E-state index in [1.165, 1.54) is 6.92 Å². The quantitative estimate of drug-likeness (QED) is 0.490. The Hall–Kier alpha value is -2.09. The van der Waals surface area contributed by atoms with Gasteiger partial charge in [0, 0.05) is 11.8 Å². The lowest BCUT2D eigenvalue weighted by Gasteiger charge is -2.19. The number of carbonyl (C=O) groups excluding carboxylic acids is 1. The van der Waals surface area contributed by atoms with E-state index in [2.05, 4.69) is 20.8 Å². The Morgan fingerprint density at radius 3 is 2.50 bits per heavy atom. The smallest absolute Gasteiger partial charge is 0.328 e. The summed E-state index contributed by atoms with van der Waals surface area (Å²) in [6, 6.07) is -2.34. The van der Waals surface area contributed by atoms with Crippen LogP contribution in [0, 0.1) is 0 Å². The molecule has 0 fully saturated rings. The average molecular weight is 256 g/mol. The van der Waals surface area contributed by atoms with E-state index in [1.807, 2.05) is 0 Å². The molecule has 100 valence electrons. The van der Waals surface area contributed by atoms with Crippen molar-refractivity contribution in [1.29, 1.82) is 0 Å². The third-order valence-corrected chi connectivity index (χ3v) is 2.40. The van der Waals surface area contributed by atoms with E-state index in [-0.39, 0.29) is 6.04 Å². The molecule has 18 heavy (non-hydrogen) atoms. The zero-order valence-electron chi connectivity index (χ0n) is 10.0. The van der Waals surface area contributed by atoms with Gasteiger partial charge < -0.3 is 20.8 Å². The second-order valence-corrected chi connectivity index (χ2v) is 3.93. The minimum absolute atomic E-state index is 0.327. The molecule has 1 unspecified atom stereocenters. The second kappa shape index (κ2) is 6.01. The minimum atomic E-state index is -1.35. The highest BCUT2D eigenvalue weighted by atomic mass is 16.4. The van der Waals surface area contributed by atoms with Crippen molar-refractivity contribution in [3.05, 3.63) is 18.0 Å². The molecule has 2 amide bonds. The summed E-state index contributed by atoms with van der Waals surface area (Å²) >= 11 is 0. The molecule has 0 spiro atoms. The van der Waals surface area contributed by atoms with Crippen LogP contribution < -0.4 is 10.6 Å². The van der Waals surface area contributed by atoms with Crippen molar-refractivity contribution >= 4 is 12.0 Å². The fourth-order valence-corrected chi connectivity index (χ4v) is 1.35. The third-order valence-electron chi connectivity index (χ3n) is 2.40. The summed E-state index contributed by atoms with van der Waals surface area (Å²) < 4.78 is 0. The molecule has 0 bridgehead atoms. The Balaban J connectivity index is 2.53. The third kappa shape index (κ3) is 3.74. The number of nitrogens with one attached hydrogen (secondary N) is 3. The lowest BCUT2D eigenvalue weighted by atomic mass is 10.2. The largest absolute Gasteiger partial charge is 0.480 e. The van der Waals surface area contributed by atoms with Crippen LogP contribution in [0.3, 0.4) is 0 Å². The summed E-state index contributed by atoms with van der Waals surface area (Å²) in [7, 11) is 0. The number of amides is 2. The molecular formula is C10H16N4O4. The zero-order valence-corrected chi connectivity index (χ0v) is 10.0. The van der Waals surface area contributed by atoms with Gasteiger partial charge in [0.2, 0.25) is 0 Å². The predicted octanol–water partition coefficient (Wildman–Crippen LogP) is -0.396. The number of H-pyrrole nitrogens is 1. The molecule has 1 aromatic rings. The molecule has 8 heteroatoms. The molecule has 5 N–H and O–H groups in total. The van der Waals surface area contributed by atoms with Gasteiger partial charge in [-0.1, -0.05) is 0 Å². The zero-order chi connectivity index (χ0) is 13.7. The average Bonchev–Trinajstić information content (AvgIpc) is 2.78. The van der Waals surface area contributed by atoms with Gasteiger partial charge in [-0.25, -0.2) is 9.59 Å². The number of aromatic nitrogens is 2. The maximum absolute atomic E-state index is 11.5. The molecule has 0 aromatic carbocycles. The van der Waals surface area contributed by atoms with Gasteiger partial charge >= 0.3 is 12.0 Å². The van der Waals surface area contributed by atoms with Crippen molar-refractivity contribution in [2.45, 2.75) is 32.0 Å². The Kier molecular flexibility index (Phi) is 4.67. The van der Waals surface area contributed by atoms with Gasteiger partial charge in [-0.2, -0.15) is 5.10 Å². The molecule has 3 atom stereocenters. The number of carbonyl (C=O) groups is 2. The highest BCUT2D eigenvalue weighted by molar-refractivity contribution is 5.83. The van der Waals surface area contributed by atoms with Gasteiger partial charge in [-0.05, 0) is 13.8 Å². The standard InChI is InChI=1S/C10H16N4O4/c1-5(7-3-11-12-4-7)13-10(18)14-8(6(2)15)9(16)17/h3-6,8,15H,1-2H3,(H,11,12)(H,16,17)(H2,13,14,18)/t5?,6-,8+/m1/s1. The van der Waals surface area contributed by atoms with Crippen LogP contribution in [-0.4, -0.2) is 44.6 Å². The molecule has 0 aliphatic rings. The number of urea groups is 1. The number of hydrogen-bond donors (Lipinski definition) is 5. The molecule has 0 saturated heterocycles. The molecule has 0 aliphatic heterocycles. The molecule has 0 saturated carbocycles. The molecule has 0 aliphatic carbocycles. The van der Waals surface area contributed by atoms with Gasteiger partial charge in [-0.15, -0.1) is 0 Å². The monoisotopic (exact) mass is 256 g/mol.